The van der Waals surface area contributed by atoms with Gasteiger partial charge in [0.2, 0.25) is 0 Å². The first-order chi connectivity index (χ1) is 21.5. The molecule has 2 aliphatic heterocycles. The maximum Gasteiger partial charge on any atom is 0.406 e. The molecule has 1 saturated heterocycles. The number of hydrogen-bond acceptors (Lipinski definition) is 6. The van der Waals surface area contributed by atoms with Crippen molar-refractivity contribution in [1.82, 2.24) is 14.5 Å². The number of methoxy groups -OCH3 is 1. The Balaban J connectivity index is 1.57. The number of aliphatic imine (C=N–C) groups is 1. The van der Waals surface area contributed by atoms with E-state index in [4.69, 9.17) is 9.72 Å². The van der Waals surface area contributed by atoms with Crippen LogP contribution in [0.5, 0.6) is 0 Å². The molecule has 1 aromatic carbocycles. The first-order valence-corrected chi connectivity index (χ1v) is 16.0. The van der Waals surface area contributed by atoms with E-state index in [0.717, 1.165) is 60.4 Å². The van der Waals surface area contributed by atoms with Crippen LogP contribution in [0.25, 0.3) is 27.7 Å². The molecule has 1 atom stereocenters. The van der Waals surface area contributed by atoms with Gasteiger partial charge in [-0.1, -0.05) is 26.0 Å². The lowest BCUT2D eigenvalue weighted by Crippen LogP contribution is -2.47. The molecule has 45 heavy (non-hydrogen) atoms. The van der Waals surface area contributed by atoms with Gasteiger partial charge in [-0.2, -0.15) is 13.2 Å². The number of aliphatic hydroxyl groups excluding tert-OH is 1. The van der Waals surface area contributed by atoms with Gasteiger partial charge in [0, 0.05) is 75.0 Å². The maximum atomic E-state index is 14.4. The van der Waals surface area contributed by atoms with E-state index < -0.39 is 24.2 Å². The molecular weight excluding hydrogens is 579 g/mol. The molecule has 2 aromatic heterocycles. The molecule has 1 aliphatic carbocycles. The van der Waals surface area contributed by atoms with Gasteiger partial charge in [0.15, 0.2) is 0 Å². The minimum Gasteiger partial charge on any atom is -0.396 e. The van der Waals surface area contributed by atoms with Crippen molar-refractivity contribution in [2.24, 2.45) is 10.4 Å². The molecule has 3 aromatic rings. The number of halogens is 3. The third-order valence-electron chi connectivity index (χ3n) is 9.46. The predicted octanol–water partition coefficient (Wildman–Crippen LogP) is 6.68. The number of dihydropyridines is 1. The Morgan fingerprint density at radius 2 is 1.84 bits per heavy atom. The molecule has 1 N–H and O–H groups in total. The summed E-state index contributed by atoms with van der Waals surface area (Å²) in [5, 5.41) is 11.1. The fourth-order valence-corrected chi connectivity index (χ4v) is 6.74. The quantitative estimate of drug-likeness (QED) is 0.273. The second-order valence-corrected chi connectivity index (χ2v) is 13.5. The van der Waals surface area contributed by atoms with Crippen molar-refractivity contribution < 1.29 is 23.0 Å². The summed E-state index contributed by atoms with van der Waals surface area (Å²) in [4.78, 5) is 14.1. The summed E-state index contributed by atoms with van der Waals surface area (Å²) < 4.78 is 50.4. The second-order valence-electron chi connectivity index (χ2n) is 13.5. The van der Waals surface area contributed by atoms with E-state index in [1.807, 2.05) is 57.4 Å². The van der Waals surface area contributed by atoms with Crippen LogP contribution < -0.4 is 4.90 Å². The van der Waals surface area contributed by atoms with E-state index in [1.54, 1.807) is 7.11 Å². The van der Waals surface area contributed by atoms with Gasteiger partial charge in [-0.25, -0.2) is 0 Å². The van der Waals surface area contributed by atoms with Crippen molar-refractivity contribution in [1.29, 1.82) is 0 Å². The molecule has 2 fully saturated rings. The van der Waals surface area contributed by atoms with Crippen molar-refractivity contribution in [3.63, 3.8) is 0 Å². The van der Waals surface area contributed by atoms with Gasteiger partial charge in [0.05, 0.1) is 35.9 Å². The van der Waals surface area contributed by atoms with E-state index in [1.165, 1.54) is 17.4 Å². The highest BCUT2D eigenvalue weighted by atomic mass is 19.4. The largest absolute Gasteiger partial charge is 0.406 e. The lowest BCUT2D eigenvalue weighted by atomic mass is 9.84. The van der Waals surface area contributed by atoms with Crippen LogP contribution in [0.1, 0.15) is 63.0 Å². The normalized spacial score (nSPS) is 18.9. The molecule has 0 amide bonds. The maximum absolute atomic E-state index is 14.4. The monoisotopic (exact) mass is 623 g/mol. The Bertz CT molecular complexity index is 1600. The van der Waals surface area contributed by atoms with Crippen molar-refractivity contribution in [3.05, 3.63) is 53.4 Å². The number of anilines is 1. The minimum atomic E-state index is -4.46. The van der Waals surface area contributed by atoms with Gasteiger partial charge in [-0.15, -0.1) is 0 Å². The average Bonchev–Trinajstić information content (AvgIpc) is 3.85. The van der Waals surface area contributed by atoms with Crippen LogP contribution in [0.15, 0.2) is 41.5 Å². The van der Waals surface area contributed by atoms with Crippen molar-refractivity contribution in [2.45, 2.75) is 71.3 Å². The summed E-state index contributed by atoms with van der Waals surface area (Å²) >= 11 is 0. The number of fused-ring (bicyclic) bond motifs is 1. The summed E-state index contributed by atoms with van der Waals surface area (Å²) in [6.07, 6.45) is 4.56. The molecule has 1 saturated carbocycles. The Morgan fingerprint density at radius 1 is 1.09 bits per heavy atom. The summed E-state index contributed by atoms with van der Waals surface area (Å²) in [6.45, 7) is 8.65. The van der Waals surface area contributed by atoms with Crippen molar-refractivity contribution >= 4 is 28.4 Å². The number of allylic oxidation sites excluding steroid dienone is 1. The van der Waals surface area contributed by atoms with Crippen molar-refractivity contribution in [2.75, 3.05) is 51.3 Å². The second kappa shape index (κ2) is 12.5. The van der Waals surface area contributed by atoms with E-state index in [0.29, 0.717) is 41.5 Å². The van der Waals surface area contributed by atoms with Gasteiger partial charge >= 0.3 is 6.18 Å². The van der Waals surface area contributed by atoms with Crippen LogP contribution in [0.3, 0.4) is 0 Å². The van der Waals surface area contributed by atoms with Crippen LogP contribution in [0.4, 0.5) is 18.9 Å². The number of alkyl halides is 3. The van der Waals surface area contributed by atoms with Crippen molar-refractivity contribution in [3.8, 4) is 11.3 Å². The molecule has 0 radical (unpaired) electrons. The topological polar surface area (TPSA) is 66.1 Å². The number of ether oxygens (including phenoxy) is 1. The third kappa shape index (κ3) is 6.83. The highest BCUT2D eigenvalue weighted by Crippen LogP contribution is 2.43. The van der Waals surface area contributed by atoms with Crippen LogP contribution in [0, 0.1) is 5.41 Å². The highest BCUT2D eigenvalue weighted by molar-refractivity contribution is 5.95. The van der Waals surface area contributed by atoms with E-state index in [-0.39, 0.29) is 6.61 Å². The van der Waals surface area contributed by atoms with Gasteiger partial charge in [-0.3, -0.25) is 14.9 Å². The van der Waals surface area contributed by atoms with Crippen LogP contribution in [0.2, 0.25) is 0 Å². The number of hydrogen-bond donors (Lipinski definition) is 1. The van der Waals surface area contributed by atoms with E-state index >= 15 is 0 Å². The zero-order valence-corrected chi connectivity index (χ0v) is 26.7. The number of benzene rings is 1. The zero-order valence-electron chi connectivity index (χ0n) is 26.7. The summed E-state index contributed by atoms with van der Waals surface area (Å²) in [5.41, 5.74) is 5.33. The molecule has 4 heterocycles. The Labute approximate surface area is 263 Å². The van der Waals surface area contributed by atoms with E-state index in [9.17, 15) is 18.3 Å². The van der Waals surface area contributed by atoms with Gasteiger partial charge in [0.25, 0.3) is 0 Å². The number of rotatable bonds is 10. The van der Waals surface area contributed by atoms with Crippen LogP contribution in [-0.2, 0) is 17.7 Å². The fraction of sp³-hybridized carbons (Fsp3) is 0.543. The number of nitrogens with zero attached hydrogens (tertiary/aromatic N) is 5. The molecule has 0 unspecified atom stereocenters. The number of aliphatic hydroxyl groups is 1. The highest BCUT2D eigenvalue weighted by Gasteiger charge is 2.35. The summed E-state index contributed by atoms with van der Waals surface area (Å²) in [5.74, 6) is 0. The molecular formula is C35H44F3N5O2. The predicted molar refractivity (Wildman–Crippen MR) is 174 cm³/mol. The van der Waals surface area contributed by atoms with Crippen LogP contribution in [-0.4, -0.2) is 84.4 Å². The Hall–Kier alpha value is -3.21. The minimum absolute atomic E-state index is 0.108. The lowest BCUT2D eigenvalue weighted by Gasteiger charge is -2.36. The fourth-order valence-electron chi connectivity index (χ4n) is 6.74. The molecule has 6 rings (SSSR count). The molecule has 3 aliphatic rings. The molecule has 242 valence electrons. The van der Waals surface area contributed by atoms with Crippen LogP contribution >= 0.6 is 0 Å². The Morgan fingerprint density at radius 3 is 2.47 bits per heavy atom. The van der Waals surface area contributed by atoms with Gasteiger partial charge in [-0.05, 0) is 66.5 Å². The van der Waals surface area contributed by atoms with Gasteiger partial charge < -0.3 is 19.3 Å². The molecule has 10 heteroatoms. The standard InChI is InChI=1S/C35H44F3N5O2/c1-23(45-4)32-29(17-27(20-40-32)42-14-12-41(13-15-42)26-8-9-26)33-30(18-34(2,3)22-44)28-16-24(25-6-5-11-39-19-25)7-10-31(28)43(33)21-35(36,37)38/h6-7,10-11,16-17,20,23,26,44H,5,8-9,12-15,18-19,21-22H2,1-4H3/t23-/m0/s1. The third-order valence-corrected chi connectivity index (χ3v) is 9.46. The molecule has 0 bridgehead atoms. The average molecular weight is 624 g/mol. The SMILES string of the molecule is CO[C@@H](C)c1ncc(N2CCN(C3CC3)CC2)cc1-c1c(CC(C)(C)CO)c2cc(C3=CCC=NC3)ccc2n1CC(F)(F)F. The molecule has 7 nitrogen and oxygen atoms in total. The number of piperazine rings is 1. The smallest absolute Gasteiger partial charge is 0.396 e. The van der Waals surface area contributed by atoms with E-state index in [2.05, 4.69) is 20.9 Å². The first-order valence-electron chi connectivity index (χ1n) is 16.0. The van der Waals surface area contributed by atoms with Gasteiger partial charge in [0.1, 0.15) is 6.54 Å². The summed E-state index contributed by atoms with van der Waals surface area (Å²) in [6, 6.07) is 8.43. The summed E-state index contributed by atoms with van der Waals surface area (Å²) in [7, 11) is 1.59. The zero-order chi connectivity index (χ0) is 31.9. The number of aromatic nitrogens is 2. The Kier molecular flexibility index (Phi) is 8.84. The molecule has 0 spiro atoms. The lowest BCUT2D eigenvalue weighted by molar-refractivity contribution is -0.139. The number of pyridine rings is 1. The first kappa shape index (κ1) is 31.8.